The van der Waals surface area contributed by atoms with Gasteiger partial charge in [-0.3, -0.25) is 0 Å². The maximum Gasteiger partial charge on any atom is 0.125 e. The largest absolute Gasteiger partial charge is 0.368 e. The Morgan fingerprint density at radius 2 is 1.68 bits per heavy atom. The second kappa shape index (κ2) is 6.64. The Bertz CT molecular complexity index is 747. The lowest BCUT2D eigenvalue weighted by atomic mass is 10.1. The molecule has 4 rings (SSSR count). The van der Waals surface area contributed by atoms with Gasteiger partial charge in [-0.2, -0.15) is 0 Å². The Labute approximate surface area is 147 Å². The second-order valence-corrected chi connectivity index (χ2v) is 7.12. The van der Waals surface area contributed by atoms with Crippen LogP contribution < -0.4 is 9.80 Å². The number of likely N-dealkylation sites (tertiary alicyclic amines) is 1. The average Bonchev–Trinajstić information content (AvgIpc) is 3.01. The van der Waals surface area contributed by atoms with Crippen molar-refractivity contribution in [2.45, 2.75) is 6.42 Å². The van der Waals surface area contributed by atoms with Crippen molar-refractivity contribution in [3.63, 3.8) is 0 Å². The Morgan fingerprint density at radius 3 is 2.40 bits per heavy atom. The van der Waals surface area contributed by atoms with Crippen molar-refractivity contribution < 1.29 is 8.78 Å². The van der Waals surface area contributed by atoms with E-state index in [2.05, 4.69) is 21.7 Å². The minimum atomic E-state index is -0.257. The highest BCUT2D eigenvalue weighted by molar-refractivity contribution is 5.79. The molecule has 2 heterocycles. The van der Waals surface area contributed by atoms with Crippen LogP contribution in [0.25, 0.3) is 0 Å². The molecule has 0 aliphatic carbocycles. The van der Waals surface area contributed by atoms with Crippen molar-refractivity contribution in [1.29, 1.82) is 0 Å². The van der Waals surface area contributed by atoms with E-state index in [9.17, 15) is 8.78 Å². The zero-order valence-electron chi connectivity index (χ0n) is 14.5. The molecule has 0 N–H and O–H groups in total. The highest BCUT2D eigenvalue weighted by Crippen LogP contribution is 2.38. The van der Waals surface area contributed by atoms with E-state index in [4.69, 9.17) is 0 Å². The van der Waals surface area contributed by atoms with E-state index >= 15 is 0 Å². The fourth-order valence-electron chi connectivity index (χ4n) is 4.01. The van der Waals surface area contributed by atoms with Crippen LogP contribution in [0.1, 0.15) is 6.42 Å². The first kappa shape index (κ1) is 16.3. The molecule has 25 heavy (non-hydrogen) atoms. The third-order valence-electron chi connectivity index (χ3n) is 5.27. The van der Waals surface area contributed by atoms with E-state index in [1.54, 1.807) is 18.2 Å². The molecule has 0 bridgehead atoms. The van der Waals surface area contributed by atoms with Crippen LogP contribution in [0.5, 0.6) is 0 Å². The third-order valence-corrected chi connectivity index (χ3v) is 5.27. The van der Waals surface area contributed by atoms with E-state index in [1.165, 1.54) is 24.6 Å². The van der Waals surface area contributed by atoms with E-state index in [1.807, 2.05) is 6.07 Å². The second-order valence-electron chi connectivity index (χ2n) is 7.12. The summed E-state index contributed by atoms with van der Waals surface area (Å²) in [6.45, 7) is 4.92. The molecule has 1 atom stereocenters. The molecular weight excluding hydrogens is 320 g/mol. The number of fused-ring (bicyclic) bond motifs is 1. The molecule has 0 spiro atoms. The molecule has 132 valence electrons. The van der Waals surface area contributed by atoms with E-state index < -0.39 is 0 Å². The Morgan fingerprint density at radius 1 is 0.920 bits per heavy atom. The fourth-order valence-corrected chi connectivity index (χ4v) is 4.01. The first-order valence-corrected chi connectivity index (χ1v) is 8.86. The Balaban J connectivity index is 1.63. The predicted octanol–water partition coefficient (Wildman–Crippen LogP) is 3.87. The number of halogens is 2. The minimum absolute atomic E-state index is 0.242. The van der Waals surface area contributed by atoms with Crippen LogP contribution in [0.15, 0.2) is 42.5 Å². The number of hydrogen-bond donors (Lipinski definition) is 0. The standard InChI is InChI=1S/C20H23F2N3/c1-23-9-8-15(13-23)14-24-10-11-25(18-5-2-16(21)3-6-18)20-12-17(22)4-7-19(20)24/h2-7,12,15H,8-11,13-14H2,1H3. The molecule has 1 saturated heterocycles. The number of anilines is 3. The van der Waals surface area contributed by atoms with Crippen molar-refractivity contribution in [1.82, 2.24) is 4.90 Å². The lowest BCUT2D eigenvalue weighted by Gasteiger charge is -2.40. The van der Waals surface area contributed by atoms with Gasteiger partial charge in [-0.1, -0.05) is 0 Å². The smallest absolute Gasteiger partial charge is 0.125 e. The van der Waals surface area contributed by atoms with E-state index in [-0.39, 0.29) is 11.6 Å². The van der Waals surface area contributed by atoms with Crippen LogP contribution in [0.4, 0.5) is 25.8 Å². The third kappa shape index (κ3) is 3.33. The van der Waals surface area contributed by atoms with Gasteiger partial charge in [0, 0.05) is 31.9 Å². The van der Waals surface area contributed by atoms with Crippen LogP contribution in [0.3, 0.4) is 0 Å². The SMILES string of the molecule is CN1CCC(CN2CCN(c3ccc(F)cc3)c3cc(F)ccc32)C1. The molecule has 0 aromatic heterocycles. The van der Waals surface area contributed by atoms with Gasteiger partial charge in [0.1, 0.15) is 11.6 Å². The molecule has 0 radical (unpaired) electrons. The highest BCUT2D eigenvalue weighted by atomic mass is 19.1. The average molecular weight is 343 g/mol. The zero-order valence-corrected chi connectivity index (χ0v) is 14.5. The first-order valence-electron chi connectivity index (χ1n) is 8.86. The highest BCUT2D eigenvalue weighted by Gasteiger charge is 2.28. The summed E-state index contributed by atoms with van der Waals surface area (Å²) in [5, 5.41) is 0. The monoisotopic (exact) mass is 343 g/mol. The molecule has 0 amide bonds. The minimum Gasteiger partial charge on any atom is -0.368 e. The van der Waals surface area contributed by atoms with Crippen LogP contribution in [0, 0.1) is 17.6 Å². The summed E-state index contributed by atoms with van der Waals surface area (Å²) in [5.41, 5.74) is 2.82. The summed E-state index contributed by atoms with van der Waals surface area (Å²) in [4.78, 5) is 6.82. The van der Waals surface area contributed by atoms with Gasteiger partial charge in [0.25, 0.3) is 0 Å². The molecule has 2 aliphatic rings. The van der Waals surface area contributed by atoms with Crippen molar-refractivity contribution in [3.8, 4) is 0 Å². The topological polar surface area (TPSA) is 9.72 Å². The molecule has 2 aliphatic heterocycles. The van der Waals surface area contributed by atoms with Crippen molar-refractivity contribution in [3.05, 3.63) is 54.1 Å². The number of nitrogens with zero attached hydrogens (tertiary/aromatic N) is 3. The van der Waals surface area contributed by atoms with Gasteiger partial charge in [0.2, 0.25) is 0 Å². The summed E-state index contributed by atoms with van der Waals surface area (Å²) >= 11 is 0. The van der Waals surface area contributed by atoms with Gasteiger partial charge in [0.15, 0.2) is 0 Å². The van der Waals surface area contributed by atoms with Gasteiger partial charge in [-0.15, -0.1) is 0 Å². The van der Waals surface area contributed by atoms with Gasteiger partial charge in [0.05, 0.1) is 11.4 Å². The molecule has 2 aromatic carbocycles. The summed E-state index contributed by atoms with van der Waals surface area (Å²) in [6.07, 6.45) is 1.21. The summed E-state index contributed by atoms with van der Waals surface area (Å²) in [7, 11) is 2.16. The maximum atomic E-state index is 13.9. The molecule has 5 heteroatoms. The number of rotatable bonds is 3. The van der Waals surface area contributed by atoms with Crippen LogP contribution in [-0.2, 0) is 0 Å². The Hall–Kier alpha value is -2.14. The number of hydrogen-bond acceptors (Lipinski definition) is 3. The van der Waals surface area contributed by atoms with Gasteiger partial charge in [-0.25, -0.2) is 8.78 Å². The summed E-state index contributed by atoms with van der Waals surface area (Å²) in [5.74, 6) is 0.154. The molecule has 1 unspecified atom stereocenters. The first-order chi connectivity index (χ1) is 12.1. The van der Waals surface area contributed by atoms with Crippen molar-refractivity contribution in [2.24, 2.45) is 5.92 Å². The lowest BCUT2D eigenvalue weighted by Crippen LogP contribution is -2.41. The van der Waals surface area contributed by atoms with Gasteiger partial charge in [-0.05, 0) is 68.4 Å². The van der Waals surface area contributed by atoms with E-state index in [0.29, 0.717) is 5.92 Å². The van der Waals surface area contributed by atoms with Crippen molar-refractivity contribution >= 4 is 17.1 Å². The quantitative estimate of drug-likeness (QED) is 0.837. The fraction of sp³-hybridized carbons (Fsp3) is 0.400. The van der Waals surface area contributed by atoms with Gasteiger partial charge >= 0.3 is 0 Å². The summed E-state index contributed by atoms with van der Waals surface area (Å²) < 4.78 is 27.2. The molecular formula is C20H23F2N3. The lowest BCUT2D eigenvalue weighted by molar-refractivity contribution is 0.394. The van der Waals surface area contributed by atoms with Crippen LogP contribution >= 0.6 is 0 Å². The molecule has 1 fully saturated rings. The zero-order chi connectivity index (χ0) is 17.4. The molecule has 0 saturated carbocycles. The van der Waals surface area contributed by atoms with E-state index in [0.717, 1.165) is 49.8 Å². The molecule has 2 aromatic rings. The summed E-state index contributed by atoms with van der Waals surface area (Å²) in [6, 6.07) is 11.4. The van der Waals surface area contributed by atoms with Crippen LogP contribution in [-0.4, -0.2) is 44.7 Å². The van der Waals surface area contributed by atoms with Crippen LogP contribution in [0.2, 0.25) is 0 Å². The Kier molecular flexibility index (Phi) is 4.34. The molecule has 3 nitrogen and oxygen atoms in total. The van der Waals surface area contributed by atoms with Gasteiger partial charge < -0.3 is 14.7 Å². The number of benzene rings is 2. The predicted molar refractivity (Wildman–Crippen MR) is 97.6 cm³/mol. The normalized spacial score (nSPS) is 20.8. The maximum absolute atomic E-state index is 13.9. The van der Waals surface area contributed by atoms with Crippen molar-refractivity contribution in [2.75, 3.05) is 49.6 Å².